The Morgan fingerprint density at radius 1 is 1.11 bits per heavy atom. The van der Waals surface area contributed by atoms with Crippen LogP contribution in [0.2, 0.25) is 0 Å². The second-order valence-corrected chi connectivity index (χ2v) is 4.70. The van der Waals surface area contributed by atoms with E-state index in [2.05, 4.69) is 4.98 Å². The van der Waals surface area contributed by atoms with E-state index in [4.69, 9.17) is 0 Å². The molecule has 0 aliphatic carbocycles. The number of benzene rings is 1. The van der Waals surface area contributed by atoms with Crippen LogP contribution >= 0.6 is 11.8 Å². The van der Waals surface area contributed by atoms with Crippen LogP contribution in [-0.2, 0) is 0 Å². The van der Waals surface area contributed by atoms with Crippen molar-refractivity contribution in [2.24, 2.45) is 0 Å². The Hall–Kier alpha value is -1.94. The van der Waals surface area contributed by atoms with Crippen LogP contribution in [0.3, 0.4) is 0 Å². The summed E-state index contributed by atoms with van der Waals surface area (Å²) in [7, 11) is 0. The Labute approximate surface area is 109 Å². The Kier molecular flexibility index (Phi) is 3.89. The largest absolute Gasteiger partial charge is 0.294 e. The van der Waals surface area contributed by atoms with Crippen molar-refractivity contribution < 1.29 is 9.59 Å². The molecule has 0 radical (unpaired) electrons. The van der Waals surface area contributed by atoms with Crippen LogP contribution in [0, 0.1) is 0 Å². The maximum absolute atomic E-state index is 12.0. The van der Waals surface area contributed by atoms with Gasteiger partial charge in [0.05, 0.1) is 0 Å². The fourth-order valence-electron chi connectivity index (χ4n) is 1.49. The van der Waals surface area contributed by atoms with E-state index in [-0.39, 0.29) is 10.9 Å². The highest BCUT2D eigenvalue weighted by molar-refractivity contribution is 8.14. The number of carbonyl (C=O) groups is 2. The van der Waals surface area contributed by atoms with Crippen LogP contribution in [0.15, 0.2) is 53.7 Å². The third-order valence-corrected chi connectivity index (χ3v) is 3.36. The Bertz CT molecular complexity index is 581. The molecule has 1 aromatic carbocycles. The van der Waals surface area contributed by atoms with E-state index in [1.54, 1.807) is 36.5 Å². The summed E-state index contributed by atoms with van der Waals surface area (Å²) in [6.45, 7) is 1.49. The van der Waals surface area contributed by atoms with Gasteiger partial charge in [-0.2, -0.15) is 0 Å². The highest BCUT2D eigenvalue weighted by Gasteiger charge is 2.12. The summed E-state index contributed by atoms with van der Waals surface area (Å²) in [5, 5.41) is -0.114. The van der Waals surface area contributed by atoms with Gasteiger partial charge in [0, 0.05) is 28.4 Å². The molecule has 2 rings (SSSR count). The van der Waals surface area contributed by atoms with Crippen molar-refractivity contribution >= 4 is 22.7 Å². The van der Waals surface area contributed by atoms with Gasteiger partial charge in [0.15, 0.2) is 5.78 Å². The van der Waals surface area contributed by atoms with Crippen LogP contribution in [0.1, 0.15) is 27.6 Å². The molecule has 0 unspecified atom stereocenters. The SMILES string of the molecule is CC(=O)c1ccccc1SC(=O)c1cccnc1. The zero-order chi connectivity index (χ0) is 13.0. The predicted molar refractivity (Wildman–Crippen MR) is 70.9 cm³/mol. The third-order valence-electron chi connectivity index (χ3n) is 2.37. The molecule has 4 heteroatoms. The summed E-state index contributed by atoms with van der Waals surface area (Å²) in [5.74, 6) is -0.0444. The van der Waals surface area contributed by atoms with Gasteiger partial charge in [-0.25, -0.2) is 0 Å². The lowest BCUT2D eigenvalue weighted by Crippen LogP contribution is -1.98. The fourth-order valence-corrected chi connectivity index (χ4v) is 2.40. The van der Waals surface area contributed by atoms with E-state index >= 15 is 0 Å². The summed E-state index contributed by atoms with van der Waals surface area (Å²) in [5.41, 5.74) is 1.10. The summed E-state index contributed by atoms with van der Waals surface area (Å²) >= 11 is 1.05. The van der Waals surface area contributed by atoms with E-state index in [1.165, 1.54) is 13.1 Å². The summed E-state index contributed by atoms with van der Waals surface area (Å²) in [6, 6.07) is 10.5. The molecule has 0 aliphatic heterocycles. The number of carbonyl (C=O) groups excluding carboxylic acids is 2. The molecule has 90 valence electrons. The van der Waals surface area contributed by atoms with Crippen LogP contribution in [-0.4, -0.2) is 15.9 Å². The monoisotopic (exact) mass is 257 g/mol. The number of aromatic nitrogens is 1. The molecule has 1 aromatic heterocycles. The van der Waals surface area contributed by atoms with E-state index < -0.39 is 0 Å². The molecule has 0 saturated carbocycles. The molecule has 1 heterocycles. The fraction of sp³-hybridized carbons (Fsp3) is 0.0714. The van der Waals surface area contributed by atoms with Gasteiger partial charge in [-0.1, -0.05) is 18.2 Å². The smallest absolute Gasteiger partial charge is 0.225 e. The zero-order valence-corrected chi connectivity index (χ0v) is 10.6. The van der Waals surface area contributed by atoms with E-state index in [0.717, 1.165) is 11.8 Å². The molecule has 0 atom stereocenters. The normalized spacial score (nSPS) is 10.1. The third kappa shape index (κ3) is 2.84. The average molecular weight is 257 g/mol. The Balaban J connectivity index is 2.25. The molecule has 0 amide bonds. The van der Waals surface area contributed by atoms with Gasteiger partial charge in [0.25, 0.3) is 0 Å². The van der Waals surface area contributed by atoms with E-state index in [0.29, 0.717) is 16.0 Å². The maximum Gasteiger partial charge on any atom is 0.225 e. The standard InChI is InChI=1S/C14H11NO2S/c1-10(16)12-6-2-3-7-13(12)18-14(17)11-5-4-8-15-9-11/h2-9H,1H3. The van der Waals surface area contributed by atoms with Crippen LogP contribution < -0.4 is 0 Å². The number of pyridine rings is 1. The molecule has 0 saturated heterocycles. The van der Waals surface area contributed by atoms with Crippen molar-refractivity contribution in [2.45, 2.75) is 11.8 Å². The Morgan fingerprint density at radius 2 is 1.89 bits per heavy atom. The highest BCUT2D eigenvalue weighted by Crippen LogP contribution is 2.26. The summed E-state index contributed by atoms with van der Waals surface area (Å²) in [6.07, 6.45) is 3.14. The van der Waals surface area contributed by atoms with Gasteiger partial charge in [0.2, 0.25) is 5.12 Å². The molecular formula is C14H11NO2S. The first-order valence-corrected chi connectivity index (χ1v) is 6.22. The number of Topliss-reactive ketones (excluding diaryl/α,β-unsaturated/α-hetero) is 1. The maximum atomic E-state index is 12.0. The molecular weight excluding hydrogens is 246 g/mol. The molecule has 0 fully saturated rings. The molecule has 0 aliphatic rings. The highest BCUT2D eigenvalue weighted by atomic mass is 32.2. The number of hydrogen-bond acceptors (Lipinski definition) is 4. The number of hydrogen-bond donors (Lipinski definition) is 0. The minimum absolute atomic E-state index is 0.0444. The molecule has 18 heavy (non-hydrogen) atoms. The van der Waals surface area contributed by atoms with Crippen molar-refractivity contribution in [2.75, 3.05) is 0 Å². The van der Waals surface area contributed by atoms with Crippen LogP contribution in [0.4, 0.5) is 0 Å². The van der Waals surface area contributed by atoms with Gasteiger partial charge in [-0.3, -0.25) is 14.6 Å². The topological polar surface area (TPSA) is 47.0 Å². The van der Waals surface area contributed by atoms with Gasteiger partial charge >= 0.3 is 0 Å². The summed E-state index contributed by atoms with van der Waals surface area (Å²) < 4.78 is 0. The number of rotatable bonds is 3. The van der Waals surface area contributed by atoms with Gasteiger partial charge in [0.1, 0.15) is 0 Å². The lowest BCUT2D eigenvalue weighted by molar-refractivity contribution is 0.101. The lowest BCUT2D eigenvalue weighted by atomic mass is 10.1. The predicted octanol–water partition coefficient (Wildman–Crippen LogP) is 3.22. The molecule has 2 aromatic rings. The first-order chi connectivity index (χ1) is 8.68. The van der Waals surface area contributed by atoms with Crippen LogP contribution in [0.5, 0.6) is 0 Å². The zero-order valence-electron chi connectivity index (χ0n) is 9.79. The molecule has 3 nitrogen and oxygen atoms in total. The molecule has 0 N–H and O–H groups in total. The average Bonchev–Trinajstić information content (AvgIpc) is 2.40. The Morgan fingerprint density at radius 3 is 2.56 bits per heavy atom. The minimum atomic E-state index is -0.114. The number of nitrogens with zero attached hydrogens (tertiary/aromatic N) is 1. The number of thioether (sulfide) groups is 1. The quantitative estimate of drug-likeness (QED) is 0.625. The van der Waals surface area contributed by atoms with E-state index in [1.807, 2.05) is 6.07 Å². The van der Waals surface area contributed by atoms with Crippen molar-refractivity contribution in [1.82, 2.24) is 4.98 Å². The van der Waals surface area contributed by atoms with Crippen molar-refractivity contribution in [3.63, 3.8) is 0 Å². The van der Waals surface area contributed by atoms with Gasteiger partial charge < -0.3 is 0 Å². The second-order valence-electron chi connectivity index (χ2n) is 3.68. The first kappa shape index (κ1) is 12.5. The first-order valence-electron chi connectivity index (χ1n) is 5.40. The molecule has 0 spiro atoms. The summed E-state index contributed by atoms with van der Waals surface area (Å²) in [4.78, 5) is 28.0. The van der Waals surface area contributed by atoms with Crippen LogP contribution in [0.25, 0.3) is 0 Å². The lowest BCUT2D eigenvalue weighted by Gasteiger charge is -2.05. The van der Waals surface area contributed by atoms with Crippen molar-refractivity contribution in [1.29, 1.82) is 0 Å². The molecule has 0 bridgehead atoms. The van der Waals surface area contributed by atoms with Crippen molar-refractivity contribution in [3.8, 4) is 0 Å². The van der Waals surface area contributed by atoms with Gasteiger partial charge in [-0.15, -0.1) is 0 Å². The number of ketones is 1. The van der Waals surface area contributed by atoms with E-state index in [9.17, 15) is 9.59 Å². The van der Waals surface area contributed by atoms with Crippen molar-refractivity contribution in [3.05, 3.63) is 59.9 Å². The second kappa shape index (κ2) is 5.60. The minimum Gasteiger partial charge on any atom is -0.294 e. The van der Waals surface area contributed by atoms with Gasteiger partial charge in [-0.05, 0) is 36.9 Å².